The zero-order valence-electron chi connectivity index (χ0n) is 22.2. The first-order valence-electron chi connectivity index (χ1n) is 12.6. The Kier molecular flexibility index (Phi) is 8.00. The smallest absolute Gasteiger partial charge is 0.319 e. The standard InChI is InChI=1S/C30H34N4O4/c1-30(2,3)33-27(35)19-34-26-16-9-8-15-23(26)24(20-11-6-5-7-12-20)18-25(28(34)36)32-29(37)31-21-13-10-14-22(17-21)38-4/h5-17,24-25H,18-19H2,1-4H3,(H,33,35)(H2,31,32,37). The number of benzene rings is 3. The molecule has 0 saturated heterocycles. The van der Waals surface area contributed by atoms with Crippen LogP contribution in [0.3, 0.4) is 0 Å². The van der Waals surface area contributed by atoms with Crippen LogP contribution in [-0.4, -0.2) is 43.1 Å². The van der Waals surface area contributed by atoms with Gasteiger partial charge < -0.3 is 25.6 Å². The van der Waals surface area contributed by atoms with Crippen LogP contribution in [-0.2, 0) is 9.59 Å². The number of hydrogen-bond acceptors (Lipinski definition) is 4. The van der Waals surface area contributed by atoms with Gasteiger partial charge in [0.1, 0.15) is 18.3 Å². The van der Waals surface area contributed by atoms with Gasteiger partial charge in [-0.15, -0.1) is 0 Å². The Bertz CT molecular complexity index is 1300. The molecule has 3 aromatic carbocycles. The van der Waals surface area contributed by atoms with Gasteiger partial charge in [-0.25, -0.2) is 4.79 Å². The molecule has 0 aromatic heterocycles. The van der Waals surface area contributed by atoms with Crippen LogP contribution in [0, 0.1) is 0 Å². The van der Waals surface area contributed by atoms with Crippen molar-refractivity contribution in [2.45, 2.75) is 44.7 Å². The largest absolute Gasteiger partial charge is 0.497 e. The van der Waals surface area contributed by atoms with Crippen molar-refractivity contribution < 1.29 is 19.1 Å². The van der Waals surface area contributed by atoms with Crippen LogP contribution >= 0.6 is 0 Å². The summed E-state index contributed by atoms with van der Waals surface area (Å²) in [5, 5.41) is 8.59. The summed E-state index contributed by atoms with van der Waals surface area (Å²) in [5.74, 6) is -0.197. The summed E-state index contributed by atoms with van der Waals surface area (Å²) in [6, 6.07) is 23.1. The minimum Gasteiger partial charge on any atom is -0.497 e. The lowest BCUT2D eigenvalue weighted by Gasteiger charge is -2.28. The molecule has 8 heteroatoms. The minimum absolute atomic E-state index is 0.162. The number of urea groups is 1. The van der Waals surface area contributed by atoms with E-state index in [-0.39, 0.29) is 24.3 Å². The molecule has 1 aliphatic rings. The predicted octanol–water partition coefficient (Wildman–Crippen LogP) is 4.67. The van der Waals surface area contributed by atoms with Gasteiger partial charge >= 0.3 is 6.03 Å². The van der Waals surface area contributed by atoms with Crippen molar-refractivity contribution in [3.63, 3.8) is 0 Å². The molecule has 8 nitrogen and oxygen atoms in total. The van der Waals surface area contributed by atoms with E-state index in [9.17, 15) is 14.4 Å². The SMILES string of the molecule is COc1cccc(NC(=O)NC2CC(c3ccccc3)c3ccccc3N(CC(=O)NC(C)(C)C)C2=O)c1. The van der Waals surface area contributed by atoms with Gasteiger partial charge in [0, 0.05) is 28.9 Å². The van der Waals surface area contributed by atoms with Crippen molar-refractivity contribution in [1.29, 1.82) is 0 Å². The third-order valence-electron chi connectivity index (χ3n) is 6.29. The number of fused-ring (bicyclic) bond motifs is 1. The molecule has 3 N–H and O–H groups in total. The first kappa shape index (κ1) is 26.7. The van der Waals surface area contributed by atoms with Gasteiger partial charge in [0.2, 0.25) is 11.8 Å². The van der Waals surface area contributed by atoms with E-state index >= 15 is 0 Å². The van der Waals surface area contributed by atoms with Crippen LogP contribution < -0.4 is 25.6 Å². The maximum Gasteiger partial charge on any atom is 0.319 e. The third kappa shape index (κ3) is 6.51. The Balaban J connectivity index is 1.68. The maximum absolute atomic E-state index is 14.0. The number of carbonyl (C=O) groups excluding carboxylic acids is 3. The number of methoxy groups -OCH3 is 1. The topological polar surface area (TPSA) is 99.8 Å². The fraction of sp³-hybridized carbons (Fsp3) is 0.300. The molecule has 2 unspecified atom stereocenters. The zero-order chi connectivity index (χ0) is 27.3. The first-order chi connectivity index (χ1) is 18.1. The number of nitrogens with one attached hydrogen (secondary N) is 3. The lowest BCUT2D eigenvalue weighted by Crippen LogP contribution is -2.53. The Morgan fingerprint density at radius 1 is 0.974 bits per heavy atom. The number of para-hydroxylation sites is 1. The van der Waals surface area contributed by atoms with E-state index < -0.39 is 17.6 Å². The Labute approximate surface area is 223 Å². The molecular weight excluding hydrogens is 480 g/mol. The quantitative estimate of drug-likeness (QED) is 0.445. The van der Waals surface area contributed by atoms with Crippen LogP contribution in [0.15, 0.2) is 78.9 Å². The Morgan fingerprint density at radius 3 is 2.39 bits per heavy atom. The van der Waals surface area contributed by atoms with Gasteiger partial charge in [0.15, 0.2) is 0 Å². The molecule has 0 fully saturated rings. The van der Waals surface area contributed by atoms with Gasteiger partial charge in [-0.05, 0) is 56.5 Å². The Morgan fingerprint density at radius 2 is 1.68 bits per heavy atom. The van der Waals surface area contributed by atoms with Crippen LogP contribution in [0.1, 0.15) is 44.2 Å². The lowest BCUT2D eigenvalue weighted by molar-refractivity contribution is -0.125. The molecule has 4 amide bonds. The van der Waals surface area contributed by atoms with Crippen molar-refractivity contribution in [2.75, 3.05) is 23.9 Å². The highest BCUT2D eigenvalue weighted by Gasteiger charge is 2.37. The maximum atomic E-state index is 14.0. The van der Waals surface area contributed by atoms with Gasteiger partial charge in [-0.3, -0.25) is 9.59 Å². The molecule has 0 saturated carbocycles. The van der Waals surface area contributed by atoms with Gasteiger partial charge in [-0.2, -0.15) is 0 Å². The van der Waals surface area contributed by atoms with Crippen LogP contribution in [0.4, 0.5) is 16.2 Å². The molecule has 2 atom stereocenters. The summed E-state index contributed by atoms with van der Waals surface area (Å²) in [5.41, 5.74) is 2.69. The van der Waals surface area contributed by atoms with E-state index in [2.05, 4.69) is 16.0 Å². The number of ether oxygens (including phenoxy) is 1. The average Bonchev–Trinajstić information content (AvgIpc) is 2.99. The van der Waals surface area contributed by atoms with Crippen molar-refractivity contribution in [2.24, 2.45) is 0 Å². The zero-order valence-corrected chi connectivity index (χ0v) is 22.2. The monoisotopic (exact) mass is 514 g/mol. The van der Waals surface area contributed by atoms with Gasteiger partial charge in [0.05, 0.1) is 7.11 Å². The number of amides is 4. The van der Waals surface area contributed by atoms with Crippen molar-refractivity contribution in [1.82, 2.24) is 10.6 Å². The molecule has 198 valence electrons. The summed E-state index contributed by atoms with van der Waals surface area (Å²) in [4.78, 5) is 41.5. The molecule has 3 aromatic rings. The lowest BCUT2D eigenvalue weighted by atomic mass is 9.86. The summed E-state index contributed by atoms with van der Waals surface area (Å²) in [6.45, 7) is 5.51. The fourth-order valence-electron chi connectivity index (χ4n) is 4.71. The molecule has 0 radical (unpaired) electrons. The van der Waals surface area contributed by atoms with E-state index in [0.29, 0.717) is 23.5 Å². The predicted molar refractivity (Wildman–Crippen MR) is 149 cm³/mol. The second-order valence-corrected chi connectivity index (χ2v) is 10.4. The highest BCUT2D eigenvalue weighted by Crippen LogP contribution is 2.39. The molecule has 1 heterocycles. The van der Waals surface area contributed by atoms with Crippen molar-refractivity contribution >= 4 is 29.2 Å². The average molecular weight is 515 g/mol. The first-order valence-corrected chi connectivity index (χ1v) is 12.6. The number of rotatable bonds is 6. The molecule has 0 bridgehead atoms. The van der Waals surface area contributed by atoms with Gasteiger partial charge in [0.25, 0.3) is 0 Å². The number of carbonyl (C=O) groups is 3. The molecule has 0 spiro atoms. The normalized spacial score (nSPS) is 17.2. The number of hydrogen-bond donors (Lipinski definition) is 3. The Hall–Kier alpha value is -4.33. The molecule has 1 aliphatic heterocycles. The van der Waals surface area contributed by atoms with Crippen molar-refractivity contribution in [3.8, 4) is 5.75 Å². The van der Waals surface area contributed by atoms with Crippen LogP contribution in [0.25, 0.3) is 0 Å². The van der Waals surface area contributed by atoms with E-state index in [0.717, 1.165) is 11.1 Å². The molecule has 0 aliphatic carbocycles. The van der Waals surface area contributed by atoms with Gasteiger partial charge in [-0.1, -0.05) is 54.6 Å². The highest BCUT2D eigenvalue weighted by atomic mass is 16.5. The number of nitrogens with zero attached hydrogens (tertiary/aromatic N) is 1. The fourth-order valence-corrected chi connectivity index (χ4v) is 4.71. The van der Waals surface area contributed by atoms with E-state index in [4.69, 9.17) is 4.74 Å². The van der Waals surface area contributed by atoms with E-state index in [1.54, 1.807) is 31.4 Å². The van der Waals surface area contributed by atoms with Crippen molar-refractivity contribution in [3.05, 3.63) is 90.0 Å². The second-order valence-electron chi connectivity index (χ2n) is 10.4. The van der Waals surface area contributed by atoms with Crippen LogP contribution in [0.2, 0.25) is 0 Å². The third-order valence-corrected chi connectivity index (χ3v) is 6.29. The van der Waals surface area contributed by atoms with E-state index in [1.807, 2.05) is 75.4 Å². The van der Waals surface area contributed by atoms with Crippen LogP contribution in [0.5, 0.6) is 5.75 Å². The summed E-state index contributed by atoms with van der Waals surface area (Å²) >= 11 is 0. The summed E-state index contributed by atoms with van der Waals surface area (Å²) < 4.78 is 5.23. The highest BCUT2D eigenvalue weighted by molar-refractivity contribution is 6.05. The van der Waals surface area contributed by atoms with E-state index in [1.165, 1.54) is 4.90 Å². The summed E-state index contributed by atoms with van der Waals surface area (Å²) in [7, 11) is 1.55. The second kappa shape index (κ2) is 11.4. The molecular formula is C30H34N4O4. The molecule has 38 heavy (non-hydrogen) atoms. The molecule has 4 rings (SSSR count). The minimum atomic E-state index is -0.874. The number of anilines is 2. The summed E-state index contributed by atoms with van der Waals surface area (Å²) in [6.07, 6.45) is 0.336.